The number of nitrogens with zero attached hydrogens (tertiary/aromatic N) is 3. The van der Waals surface area contributed by atoms with E-state index in [-0.39, 0.29) is 5.91 Å². The summed E-state index contributed by atoms with van der Waals surface area (Å²) in [5.74, 6) is 0.452. The molecule has 2 aromatic rings. The van der Waals surface area contributed by atoms with Crippen molar-refractivity contribution < 1.29 is 4.79 Å². The fourth-order valence-electron chi connectivity index (χ4n) is 2.19. The summed E-state index contributed by atoms with van der Waals surface area (Å²) in [4.78, 5) is 22.9. The zero-order chi connectivity index (χ0) is 16.1. The molecule has 1 aromatic carbocycles. The number of rotatable bonds is 5. The quantitative estimate of drug-likeness (QED) is 0.921. The minimum absolute atomic E-state index is 0.195. The highest BCUT2D eigenvalue weighted by Crippen LogP contribution is 2.18. The molecule has 0 saturated heterocycles. The van der Waals surface area contributed by atoms with Crippen molar-refractivity contribution in [3.63, 3.8) is 0 Å². The van der Waals surface area contributed by atoms with Gasteiger partial charge < -0.3 is 10.2 Å². The Hall–Kier alpha value is -2.43. The molecule has 0 fully saturated rings. The predicted octanol–water partition coefficient (Wildman–Crippen LogP) is 3.19. The average molecular weight is 298 g/mol. The molecule has 116 valence electrons. The molecule has 0 aliphatic carbocycles. The van der Waals surface area contributed by atoms with Crippen LogP contribution in [-0.4, -0.2) is 29.0 Å². The van der Waals surface area contributed by atoms with Crippen molar-refractivity contribution in [1.82, 2.24) is 9.97 Å². The van der Waals surface area contributed by atoms with Gasteiger partial charge in [0, 0.05) is 31.2 Å². The number of hydrogen-bond acceptors (Lipinski definition) is 4. The lowest BCUT2D eigenvalue weighted by molar-refractivity contribution is 0.102. The van der Waals surface area contributed by atoms with Crippen LogP contribution in [0.15, 0.2) is 30.6 Å². The predicted molar refractivity (Wildman–Crippen MR) is 89.5 cm³/mol. The maximum atomic E-state index is 12.3. The summed E-state index contributed by atoms with van der Waals surface area (Å²) in [7, 11) is 0. The molecule has 0 aliphatic heterocycles. The second-order valence-corrected chi connectivity index (χ2v) is 5.15. The molecule has 0 radical (unpaired) electrons. The van der Waals surface area contributed by atoms with E-state index >= 15 is 0 Å². The van der Waals surface area contributed by atoms with Gasteiger partial charge in [-0.2, -0.15) is 0 Å². The average Bonchev–Trinajstić information content (AvgIpc) is 2.53. The Morgan fingerprint density at radius 1 is 1.14 bits per heavy atom. The summed E-state index contributed by atoms with van der Waals surface area (Å²) in [6.07, 6.45) is 3.14. The second-order valence-electron chi connectivity index (χ2n) is 5.15. The first-order valence-corrected chi connectivity index (χ1v) is 7.51. The van der Waals surface area contributed by atoms with Crippen LogP contribution in [0.5, 0.6) is 0 Å². The van der Waals surface area contributed by atoms with Gasteiger partial charge >= 0.3 is 0 Å². The molecule has 22 heavy (non-hydrogen) atoms. The number of carbonyl (C=O) groups is 1. The van der Waals surface area contributed by atoms with Crippen molar-refractivity contribution in [1.29, 1.82) is 0 Å². The Bertz CT molecular complexity index is 648. The molecule has 1 aromatic heterocycles. The molecule has 0 aliphatic rings. The van der Waals surface area contributed by atoms with Crippen LogP contribution in [0.25, 0.3) is 0 Å². The van der Waals surface area contributed by atoms with Gasteiger partial charge in [0.1, 0.15) is 0 Å². The Kier molecular flexibility index (Phi) is 5.09. The Labute approximate surface area is 131 Å². The van der Waals surface area contributed by atoms with Gasteiger partial charge in [-0.05, 0) is 44.9 Å². The van der Waals surface area contributed by atoms with Crippen molar-refractivity contribution in [3.8, 4) is 0 Å². The first-order valence-electron chi connectivity index (χ1n) is 7.51. The third-order valence-corrected chi connectivity index (χ3v) is 3.80. The van der Waals surface area contributed by atoms with E-state index < -0.39 is 0 Å². The summed E-state index contributed by atoms with van der Waals surface area (Å²) in [6, 6.07) is 5.84. The van der Waals surface area contributed by atoms with Gasteiger partial charge in [0.05, 0.1) is 5.56 Å². The van der Waals surface area contributed by atoms with E-state index in [1.165, 1.54) is 0 Å². The first-order chi connectivity index (χ1) is 10.6. The molecule has 0 unspecified atom stereocenters. The van der Waals surface area contributed by atoms with Gasteiger partial charge in [0.2, 0.25) is 5.95 Å². The number of anilines is 2. The van der Waals surface area contributed by atoms with Crippen LogP contribution in [-0.2, 0) is 0 Å². The number of carbonyl (C=O) groups excluding carboxylic acids is 1. The Morgan fingerprint density at radius 3 is 2.36 bits per heavy atom. The van der Waals surface area contributed by atoms with E-state index in [2.05, 4.69) is 15.3 Å². The van der Waals surface area contributed by atoms with Crippen molar-refractivity contribution in [3.05, 3.63) is 47.3 Å². The van der Waals surface area contributed by atoms with E-state index in [9.17, 15) is 4.79 Å². The second kappa shape index (κ2) is 7.02. The Balaban J connectivity index is 2.15. The van der Waals surface area contributed by atoms with Gasteiger partial charge in [-0.3, -0.25) is 4.79 Å². The summed E-state index contributed by atoms with van der Waals surface area (Å²) in [6.45, 7) is 9.79. The van der Waals surface area contributed by atoms with E-state index in [4.69, 9.17) is 0 Å². The molecule has 0 atom stereocenters. The zero-order valence-corrected chi connectivity index (χ0v) is 13.6. The van der Waals surface area contributed by atoms with Crippen LogP contribution in [0.2, 0.25) is 0 Å². The van der Waals surface area contributed by atoms with Gasteiger partial charge in [0.15, 0.2) is 0 Å². The molecule has 1 N–H and O–H groups in total. The molecule has 0 bridgehead atoms. The lowest BCUT2D eigenvalue weighted by atomic mass is 10.1. The molecule has 0 saturated carbocycles. The third-order valence-electron chi connectivity index (χ3n) is 3.80. The van der Waals surface area contributed by atoms with Crippen molar-refractivity contribution >= 4 is 17.5 Å². The molecular weight excluding hydrogens is 276 g/mol. The van der Waals surface area contributed by atoms with Crippen LogP contribution in [0.1, 0.15) is 35.3 Å². The van der Waals surface area contributed by atoms with E-state index in [1.807, 2.05) is 50.8 Å². The molecule has 5 nitrogen and oxygen atoms in total. The number of aryl methyl sites for hydroxylation is 1. The van der Waals surface area contributed by atoms with Gasteiger partial charge in [0.25, 0.3) is 5.91 Å². The lowest BCUT2D eigenvalue weighted by Gasteiger charge is -2.18. The first kappa shape index (κ1) is 15.9. The fourth-order valence-corrected chi connectivity index (χ4v) is 2.19. The highest BCUT2D eigenvalue weighted by Gasteiger charge is 2.11. The van der Waals surface area contributed by atoms with Crippen LogP contribution in [0.4, 0.5) is 11.6 Å². The topological polar surface area (TPSA) is 58.1 Å². The summed E-state index contributed by atoms with van der Waals surface area (Å²) in [5, 5.41) is 2.91. The molecule has 1 amide bonds. The van der Waals surface area contributed by atoms with Crippen LogP contribution in [0.3, 0.4) is 0 Å². The smallest absolute Gasteiger partial charge is 0.258 e. The normalized spacial score (nSPS) is 10.4. The maximum absolute atomic E-state index is 12.3. The van der Waals surface area contributed by atoms with Crippen LogP contribution < -0.4 is 10.2 Å². The van der Waals surface area contributed by atoms with Crippen LogP contribution in [0, 0.1) is 13.8 Å². The molecular formula is C17H22N4O. The Morgan fingerprint density at radius 2 is 1.77 bits per heavy atom. The van der Waals surface area contributed by atoms with Crippen LogP contribution >= 0.6 is 0 Å². The summed E-state index contributed by atoms with van der Waals surface area (Å²) in [5.41, 5.74) is 3.48. The van der Waals surface area contributed by atoms with E-state index in [0.29, 0.717) is 11.5 Å². The lowest BCUT2D eigenvalue weighted by Crippen LogP contribution is -2.24. The van der Waals surface area contributed by atoms with Gasteiger partial charge in [-0.1, -0.05) is 12.1 Å². The standard InChI is InChI=1S/C17H22N4O/c1-5-21(6-2)17-18-10-14(11-19-17)16(22)20-15-9-7-8-12(3)13(15)4/h7-11H,5-6H2,1-4H3,(H,20,22). The maximum Gasteiger partial charge on any atom is 0.258 e. The SMILES string of the molecule is CCN(CC)c1ncc(C(=O)Nc2cccc(C)c2C)cn1. The van der Waals surface area contributed by atoms with Crippen molar-refractivity contribution in [2.75, 3.05) is 23.3 Å². The third kappa shape index (κ3) is 3.42. The van der Waals surface area contributed by atoms with Crippen molar-refractivity contribution in [2.45, 2.75) is 27.7 Å². The minimum atomic E-state index is -0.195. The molecule has 2 rings (SSSR count). The molecule has 1 heterocycles. The molecule has 5 heteroatoms. The summed E-state index contributed by atoms with van der Waals surface area (Å²) >= 11 is 0. The highest BCUT2D eigenvalue weighted by atomic mass is 16.1. The van der Waals surface area contributed by atoms with Gasteiger partial charge in [-0.25, -0.2) is 9.97 Å². The largest absolute Gasteiger partial charge is 0.341 e. The number of nitrogens with one attached hydrogen (secondary N) is 1. The number of aromatic nitrogens is 2. The highest BCUT2D eigenvalue weighted by molar-refractivity contribution is 6.04. The van der Waals surface area contributed by atoms with Crippen molar-refractivity contribution in [2.24, 2.45) is 0 Å². The van der Waals surface area contributed by atoms with Gasteiger partial charge in [-0.15, -0.1) is 0 Å². The fraction of sp³-hybridized carbons (Fsp3) is 0.353. The zero-order valence-electron chi connectivity index (χ0n) is 13.6. The number of benzene rings is 1. The minimum Gasteiger partial charge on any atom is -0.341 e. The number of amides is 1. The van der Waals surface area contributed by atoms with E-state index in [1.54, 1.807) is 12.4 Å². The number of hydrogen-bond donors (Lipinski definition) is 1. The van der Waals surface area contributed by atoms with E-state index in [0.717, 1.165) is 29.9 Å². The monoisotopic (exact) mass is 298 g/mol. The molecule has 0 spiro atoms. The summed E-state index contributed by atoms with van der Waals surface area (Å²) < 4.78 is 0.